The van der Waals surface area contributed by atoms with E-state index in [0.29, 0.717) is 11.3 Å². The second-order valence-corrected chi connectivity index (χ2v) is 7.12. The SMILES string of the molecule is CC(=O)c1c(C)[nH]c(C(=O)C(C)N2CCC(N(C)C(C)=O)CC2)c1C. The zero-order valence-electron chi connectivity index (χ0n) is 16.1. The first-order chi connectivity index (χ1) is 11.6. The van der Waals surface area contributed by atoms with Crippen molar-refractivity contribution < 1.29 is 14.4 Å². The summed E-state index contributed by atoms with van der Waals surface area (Å²) in [6, 6.07) is -0.00465. The van der Waals surface area contributed by atoms with Gasteiger partial charge in [0.25, 0.3) is 0 Å². The van der Waals surface area contributed by atoms with Gasteiger partial charge >= 0.3 is 0 Å². The third kappa shape index (κ3) is 3.84. The Morgan fingerprint density at radius 1 is 1.16 bits per heavy atom. The average Bonchev–Trinajstić information content (AvgIpc) is 2.87. The maximum atomic E-state index is 12.9. The minimum Gasteiger partial charge on any atom is -0.355 e. The number of Topliss-reactive ketones (excluding diaryl/α,β-unsaturated/α-hetero) is 2. The van der Waals surface area contributed by atoms with Crippen LogP contribution in [0, 0.1) is 13.8 Å². The molecule has 6 heteroatoms. The Balaban J connectivity index is 2.08. The summed E-state index contributed by atoms with van der Waals surface area (Å²) in [7, 11) is 1.84. The quantitative estimate of drug-likeness (QED) is 0.830. The standard InChI is InChI=1S/C19H29N3O3/c1-11-17(14(4)23)12(2)20-18(11)19(25)13(3)22-9-7-16(8-10-22)21(6)15(5)24/h13,16,20H,7-10H2,1-6H3. The van der Waals surface area contributed by atoms with Gasteiger partial charge < -0.3 is 9.88 Å². The van der Waals surface area contributed by atoms with Crippen LogP contribution in [0.25, 0.3) is 0 Å². The number of hydrogen-bond donors (Lipinski definition) is 1. The van der Waals surface area contributed by atoms with Crippen LogP contribution in [-0.2, 0) is 4.79 Å². The largest absolute Gasteiger partial charge is 0.355 e. The predicted molar refractivity (Wildman–Crippen MR) is 97.1 cm³/mol. The molecule has 138 valence electrons. The van der Waals surface area contributed by atoms with E-state index < -0.39 is 0 Å². The van der Waals surface area contributed by atoms with Gasteiger partial charge in [-0.05, 0) is 46.1 Å². The number of carbonyl (C=O) groups is 3. The fourth-order valence-electron chi connectivity index (χ4n) is 3.82. The van der Waals surface area contributed by atoms with Crippen LogP contribution in [0.4, 0.5) is 0 Å². The summed E-state index contributed by atoms with van der Waals surface area (Å²) in [6.07, 6.45) is 1.74. The monoisotopic (exact) mass is 347 g/mol. The first kappa shape index (κ1) is 19.4. The lowest BCUT2D eigenvalue weighted by Gasteiger charge is -2.38. The van der Waals surface area contributed by atoms with Crippen LogP contribution < -0.4 is 0 Å². The zero-order chi connectivity index (χ0) is 18.9. The van der Waals surface area contributed by atoms with Crippen LogP contribution in [0.15, 0.2) is 0 Å². The first-order valence-electron chi connectivity index (χ1n) is 8.86. The van der Waals surface area contributed by atoms with Gasteiger partial charge in [-0.25, -0.2) is 0 Å². The lowest BCUT2D eigenvalue weighted by molar-refractivity contribution is -0.130. The van der Waals surface area contributed by atoms with Gasteiger partial charge in [0.05, 0.1) is 11.7 Å². The van der Waals surface area contributed by atoms with Gasteiger partial charge in [0.15, 0.2) is 11.6 Å². The minimum atomic E-state index is -0.250. The summed E-state index contributed by atoms with van der Waals surface area (Å²) in [5, 5.41) is 0. The van der Waals surface area contributed by atoms with E-state index in [4.69, 9.17) is 0 Å². The molecule has 1 saturated heterocycles. The van der Waals surface area contributed by atoms with E-state index in [1.165, 1.54) is 6.92 Å². The molecule has 0 radical (unpaired) electrons. The van der Waals surface area contributed by atoms with Gasteiger partial charge in [-0.1, -0.05) is 0 Å². The van der Waals surface area contributed by atoms with Crippen LogP contribution >= 0.6 is 0 Å². The molecule has 0 saturated carbocycles. The number of aromatic nitrogens is 1. The highest BCUT2D eigenvalue weighted by molar-refractivity contribution is 6.05. The van der Waals surface area contributed by atoms with Crippen LogP contribution in [0.5, 0.6) is 0 Å². The Hall–Kier alpha value is -1.95. The number of hydrogen-bond acceptors (Lipinski definition) is 4. The number of H-pyrrole nitrogens is 1. The van der Waals surface area contributed by atoms with Crippen molar-refractivity contribution in [1.29, 1.82) is 0 Å². The van der Waals surface area contributed by atoms with Crippen molar-refractivity contribution in [3.8, 4) is 0 Å². The number of likely N-dealkylation sites (tertiary alicyclic amines) is 1. The zero-order valence-corrected chi connectivity index (χ0v) is 16.1. The topological polar surface area (TPSA) is 73.5 Å². The fourth-order valence-corrected chi connectivity index (χ4v) is 3.82. The molecule has 0 bridgehead atoms. The molecule has 1 aliphatic rings. The Kier molecular flexibility index (Phi) is 5.83. The number of piperidine rings is 1. The molecule has 1 atom stereocenters. The van der Waals surface area contributed by atoms with E-state index in [0.717, 1.165) is 37.2 Å². The average molecular weight is 347 g/mol. The van der Waals surface area contributed by atoms with Gasteiger partial charge in [0, 0.05) is 44.4 Å². The predicted octanol–water partition coefficient (Wildman–Crippen LogP) is 2.35. The molecule has 25 heavy (non-hydrogen) atoms. The summed E-state index contributed by atoms with van der Waals surface area (Å²) >= 11 is 0. The number of nitrogens with zero attached hydrogens (tertiary/aromatic N) is 2. The van der Waals surface area contributed by atoms with Crippen molar-refractivity contribution in [1.82, 2.24) is 14.8 Å². The Morgan fingerprint density at radius 3 is 2.16 bits per heavy atom. The highest BCUT2D eigenvalue weighted by atomic mass is 16.2. The van der Waals surface area contributed by atoms with E-state index >= 15 is 0 Å². The Labute approximate surface area is 149 Å². The summed E-state index contributed by atoms with van der Waals surface area (Å²) in [6.45, 7) is 10.3. The number of rotatable bonds is 5. The van der Waals surface area contributed by atoms with Crippen molar-refractivity contribution >= 4 is 17.5 Å². The molecule has 1 aromatic heterocycles. The summed E-state index contributed by atoms with van der Waals surface area (Å²) in [4.78, 5) is 43.3. The van der Waals surface area contributed by atoms with Crippen LogP contribution in [0.2, 0.25) is 0 Å². The molecule has 0 aliphatic carbocycles. The Bertz CT molecular complexity index is 684. The van der Waals surface area contributed by atoms with E-state index in [1.807, 2.05) is 27.8 Å². The fraction of sp³-hybridized carbons (Fsp3) is 0.632. The molecular weight excluding hydrogens is 318 g/mol. The van der Waals surface area contributed by atoms with E-state index in [2.05, 4.69) is 9.88 Å². The maximum Gasteiger partial charge on any atom is 0.219 e. The van der Waals surface area contributed by atoms with Crippen molar-refractivity contribution in [2.24, 2.45) is 0 Å². The second-order valence-electron chi connectivity index (χ2n) is 7.12. The van der Waals surface area contributed by atoms with Crippen molar-refractivity contribution in [2.45, 2.75) is 59.5 Å². The molecule has 2 heterocycles. The van der Waals surface area contributed by atoms with E-state index in [1.54, 1.807) is 11.8 Å². The molecule has 6 nitrogen and oxygen atoms in total. The molecule has 1 fully saturated rings. The van der Waals surface area contributed by atoms with E-state index in [9.17, 15) is 14.4 Å². The highest BCUT2D eigenvalue weighted by Gasteiger charge is 2.31. The number of aryl methyl sites for hydroxylation is 1. The lowest BCUT2D eigenvalue weighted by atomic mass is 9.98. The highest BCUT2D eigenvalue weighted by Crippen LogP contribution is 2.23. The number of amides is 1. The molecule has 0 spiro atoms. The summed E-state index contributed by atoms with van der Waals surface area (Å²) in [5.74, 6) is 0.0781. The number of nitrogens with one attached hydrogen (secondary N) is 1. The smallest absolute Gasteiger partial charge is 0.219 e. The molecule has 0 aromatic carbocycles. The van der Waals surface area contributed by atoms with Gasteiger partial charge in [0.2, 0.25) is 5.91 Å². The van der Waals surface area contributed by atoms with Crippen LogP contribution in [0.1, 0.15) is 65.7 Å². The third-order valence-corrected chi connectivity index (χ3v) is 5.51. The van der Waals surface area contributed by atoms with Gasteiger partial charge in [-0.15, -0.1) is 0 Å². The molecule has 1 amide bonds. The minimum absolute atomic E-state index is 0.0199. The number of carbonyl (C=O) groups excluding carboxylic acids is 3. The Morgan fingerprint density at radius 2 is 1.72 bits per heavy atom. The van der Waals surface area contributed by atoms with Gasteiger partial charge in [0.1, 0.15) is 0 Å². The first-order valence-corrected chi connectivity index (χ1v) is 8.86. The normalized spacial score (nSPS) is 17.4. The van der Waals surface area contributed by atoms with Crippen molar-refractivity contribution in [2.75, 3.05) is 20.1 Å². The number of aromatic amines is 1. The maximum absolute atomic E-state index is 12.9. The molecule has 1 unspecified atom stereocenters. The summed E-state index contributed by atoms with van der Waals surface area (Å²) in [5.41, 5.74) is 2.66. The number of ketones is 2. The van der Waals surface area contributed by atoms with Crippen LogP contribution in [-0.4, -0.2) is 64.5 Å². The summed E-state index contributed by atoms with van der Waals surface area (Å²) < 4.78 is 0. The molecular formula is C19H29N3O3. The molecule has 1 N–H and O–H groups in total. The van der Waals surface area contributed by atoms with Gasteiger partial charge in [-0.3, -0.25) is 19.3 Å². The third-order valence-electron chi connectivity index (χ3n) is 5.51. The van der Waals surface area contributed by atoms with Crippen molar-refractivity contribution in [3.05, 3.63) is 22.5 Å². The van der Waals surface area contributed by atoms with Crippen molar-refractivity contribution in [3.63, 3.8) is 0 Å². The molecule has 2 rings (SSSR count). The van der Waals surface area contributed by atoms with E-state index in [-0.39, 0.29) is 29.6 Å². The lowest BCUT2D eigenvalue weighted by Crippen LogP contribution is -2.49. The van der Waals surface area contributed by atoms with Crippen LogP contribution in [0.3, 0.4) is 0 Å². The second kappa shape index (κ2) is 7.52. The molecule has 1 aliphatic heterocycles. The molecule has 1 aromatic rings. The van der Waals surface area contributed by atoms with Gasteiger partial charge in [-0.2, -0.15) is 0 Å².